The number of benzene rings is 2. The van der Waals surface area contributed by atoms with E-state index >= 15 is 0 Å². The molecule has 0 radical (unpaired) electrons. The number of hydrogen-bond donors (Lipinski definition) is 0. The third kappa shape index (κ3) is 4.55. The zero-order valence-electron chi connectivity index (χ0n) is 17.7. The van der Waals surface area contributed by atoms with Crippen LogP contribution in [0.1, 0.15) is 50.7 Å². The summed E-state index contributed by atoms with van der Waals surface area (Å²) in [6.45, 7) is 4.30. The van der Waals surface area contributed by atoms with Gasteiger partial charge in [0.1, 0.15) is 5.78 Å². The minimum Gasteiger partial charge on any atom is -0.298 e. The van der Waals surface area contributed by atoms with E-state index in [4.69, 9.17) is 23.2 Å². The number of thioether (sulfide) groups is 1. The van der Waals surface area contributed by atoms with Crippen LogP contribution in [-0.4, -0.2) is 25.8 Å². The van der Waals surface area contributed by atoms with Crippen molar-refractivity contribution < 1.29 is 4.79 Å². The third-order valence-corrected chi connectivity index (χ3v) is 7.55. The molecule has 0 N–H and O–H groups in total. The van der Waals surface area contributed by atoms with Gasteiger partial charge in [-0.15, -0.1) is 10.2 Å². The predicted octanol–water partition coefficient (Wildman–Crippen LogP) is 6.97. The van der Waals surface area contributed by atoms with Gasteiger partial charge in [-0.1, -0.05) is 73.4 Å². The molecule has 0 saturated heterocycles. The van der Waals surface area contributed by atoms with Crippen molar-refractivity contribution in [2.45, 2.75) is 62.8 Å². The van der Waals surface area contributed by atoms with E-state index in [0.29, 0.717) is 28.1 Å². The van der Waals surface area contributed by atoms with E-state index in [2.05, 4.69) is 46.8 Å². The van der Waals surface area contributed by atoms with Crippen LogP contribution in [0.5, 0.6) is 0 Å². The maximum absolute atomic E-state index is 12.5. The van der Waals surface area contributed by atoms with Gasteiger partial charge in [0.05, 0.1) is 16.0 Å². The van der Waals surface area contributed by atoms with Crippen LogP contribution in [0.25, 0.3) is 17.1 Å². The molecule has 4 nitrogen and oxygen atoms in total. The third-order valence-electron chi connectivity index (χ3n) is 5.74. The van der Waals surface area contributed by atoms with E-state index in [9.17, 15) is 4.79 Å². The molecule has 0 bridgehead atoms. The summed E-state index contributed by atoms with van der Waals surface area (Å²) in [5, 5.41) is 10.8. The Morgan fingerprint density at radius 1 is 1.06 bits per heavy atom. The lowest BCUT2D eigenvalue weighted by molar-refractivity contribution is -0.119. The van der Waals surface area contributed by atoms with Gasteiger partial charge in [-0.25, -0.2) is 0 Å². The van der Waals surface area contributed by atoms with Crippen LogP contribution >= 0.6 is 35.0 Å². The molecular weight excluding hydrogens is 449 g/mol. The zero-order chi connectivity index (χ0) is 22.0. The number of Topliss-reactive ketones (excluding diaryl/α,β-unsaturated/α-hetero) is 1. The first-order chi connectivity index (χ1) is 15.0. The van der Waals surface area contributed by atoms with E-state index in [1.54, 1.807) is 6.07 Å². The highest BCUT2D eigenvalue weighted by molar-refractivity contribution is 8.00. The van der Waals surface area contributed by atoms with Crippen LogP contribution in [0.4, 0.5) is 0 Å². The van der Waals surface area contributed by atoms with Gasteiger partial charge in [0.25, 0.3) is 0 Å². The molecule has 1 fully saturated rings. The zero-order valence-corrected chi connectivity index (χ0v) is 20.0. The molecule has 2 aromatic carbocycles. The van der Waals surface area contributed by atoms with Crippen LogP contribution in [0.15, 0.2) is 41.6 Å². The Labute approximate surface area is 197 Å². The molecule has 162 valence electrons. The van der Waals surface area contributed by atoms with E-state index in [1.807, 2.05) is 12.1 Å². The fourth-order valence-electron chi connectivity index (χ4n) is 4.10. The van der Waals surface area contributed by atoms with Gasteiger partial charge in [0.2, 0.25) is 0 Å². The molecule has 0 spiro atoms. The van der Waals surface area contributed by atoms with Gasteiger partial charge in [-0.05, 0) is 55.0 Å². The first-order valence-corrected chi connectivity index (χ1v) is 12.4. The fraction of sp³-hybridized carbons (Fsp3) is 0.375. The first-order valence-electron chi connectivity index (χ1n) is 10.7. The largest absolute Gasteiger partial charge is 0.298 e. The van der Waals surface area contributed by atoms with E-state index in [1.165, 1.54) is 22.9 Å². The lowest BCUT2D eigenvalue weighted by atomic mass is 9.99. The number of aromatic nitrogens is 3. The molecule has 0 amide bonds. The van der Waals surface area contributed by atoms with Crippen LogP contribution in [0.3, 0.4) is 0 Å². The molecule has 0 unspecified atom stereocenters. The Bertz CT molecular complexity index is 1090. The Morgan fingerprint density at radius 3 is 2.45 bits per heavy atom. The normalized spacial score (nSPS) is 16.6. The summed E-state index contributed by atoms with van der Waals surface area (Å²) in [6.07, 6.45) is 5.33. The molecular formula is C24H25Cl2N3OS. The second-order valence-corrected chi connectivity index (χ2v) is 9.73. The Kier molecular flexibility index (Phi) is 7.05. The average Bonchev–Trinajstić information content (AvgIpc) is 3.17. The number of para-hydroxylation sites is 1. The second-order valence-electron chi connectivity index (χ2n) is 7.72. The van der Waals surface area contributed by atoms with E-state index in [-0.39, 0.29) is 5.25 Å². The number of carbonyl (C=O) groups is 1. The van der Waals surface area contributed by atoms with Crippen molar-refractivity contribution in [1.82, 2.24) is 14.8 Å². The lowest BCUT2D eigenvalue weighted by Gasteiger charge is -2.22. The van der Waals surface area contributed by atoms with Crippen LogP contribution in [-0.2, 0) is 17.6 Å². The van der Waals surface area contributed by atoms with Crippen molar-refractivity contribution in [2.75, 3.05) is 0 Å². The maximum atomic E-state index is 12.5. The molecule has 1 aromatic heterocycles. The van der Waals surface area contributed by atoms with E-state index in [0.717, 1.165) is 48.5 Å². The Balaban J connectivity index is 1.92. The molecule has 7 heteroatoms. The van der Waals surface area contributed by atoms with Gasteiger partial charge >= 0.3 is 0 Å². The summed E-state index contributed by atoms with van der Waals surface area (Å²) in [7, 11) is 0. The van der Waals surface area contributed by atoms with Crippen molar-refractivity contribution in [3.8, 4) is 17.1 Å². The number of rotatable bonds is 6. The predicted molar refractivity (Wildman–Crippen MR) is 129 cm³/mol. The molecule has 1 atom stereocenters. The van der Waals surface area contributed by atoms with Gasteiger partial charge in [0, 0.05) is 17.0 Å². The molecule has 3 aromatic rings. The molecule has 1 aliphatic carbocycles. The van der Waals surface area contributed by atoms with Crippen molar-refractivity contribution in [2.24, 2.45) is 0 Å². The van der Waals surface area contributed by atoms with Gasteiger partial charge < -0.3 is 0 Å². The van der Waals surface area contributed by atoms with E-state index < -0.39 is 0 Å². The van der Waals surface area contributed by atoms with Crippen molar-refractivity contribution in [3.63, 3.8) is 0 Å². The van der Waals surface area contributed by atoms with Crippen molar-refractivity contribution in [1.29, 1.82) is 0 Å². The number of nitrogens with zero attached hydrogens (tertiary/aromatic N) is 3. The fourth-order valence-corrected chi connectivity index (χ4v) is 5.75. The average molecular weight is 474 g/mol. The SMILES string of the molecule is CCc1cccc(CC)c1-n1c(S[C@H]2CCCCC2=O)nnc1-c1ccc(Cl)cc1Cl. The summed E-state index contributed by atoms with van der Waals surface area (Å²) < 4.78 is 2.10. The highest BCUT2D eigenvalue weighted by Crippen LogP contribution is 2.38. The van der Waals surface area contributed by atoms with Gasteiger partial charge in [-0.2, -0.15) is 0 Å². The first kappa shape index (κ1) is 22.4. The second kappa shape index (κ2) is 9.76. The summed E-state index contributed by atoms with van der Waals surface area (Å²) in [4.78, 5) is 12.5. The standard InChI is InChI=1S/C24H25Cl2N3OS/c1-3-15-8-7-9-16(4-2)22(15)29-23(18-13-12-17(25)14-19(18)26)27-28-24(29)31-21-11-6-5-10-20(21)30/h7-9,12-14,21H,3-6,10-11H2,1-2H3/t21-/m0/s1. The number of carbonyl (C=O) groups excluding carboxylic acids is 1. The number of halogens is 2. The molecule has 1 heterocycles. The molecule has 31 heavy (non-hydrogen) atoms. The molecule has 4 rings (SSSR count). The molecule has 0 aliphatic heterocycles. The molecule has 1 saturated carbocycles. The minimum atomic E-state index is -0.0795. The number of aryl methyl sites for hydroxylation is 2. The topological polar surface area (TPSA) is 47.8 Å². The number of ketones is 1. The Hall–Kier alpha value is -1.82. The smallest absolute Gasteiger partial charge is 0.196 e. The maximum Gasteiger partial charge on any atom is 0.196 e. The van der Waals surface area contributed by atoms with Crippen LogP contribution in [0.2, 0.25) is 10.0 Å². The van der Waals surface area contributed by atoms with Gasteiger partial charge in [-0.3, -0.25) is 9.36 Å². The highest BCUT2D eigenvalue weighted by atomic mass is 35.5. The summed E-state index contributed by atoms with van der Waals surface area (Å²) in [6, 6.07) is 11.8. The lowest BCUT2D eigenvalue weighted by Crippen LogP contribution is -2.22. The minimum absolute atomic E-state index is 0.0795. The number of hydrogen-bond acceptors (Lipinski definition) is 4. The Morgan fingerprint density at radius 2 is 1.81 bits per heavy atom. The molecule has 1 aliphatic rings. The van der Waals surface area contributed by atoms with Crippen LogP contribution < -0.4 is 0 Å². The van der Waals surface area contributed by atoms with Crippen LogP contribution in [0, 0.1) is 0 Å². The quantitative estimate of drug-likeness (QED) is 0.387. The summed E-state index contributed by atoms with van der Waals surface area (Å²) >= 11 is 14.2. The van der Waals surface area contributed by atoms with Crippen molar-refractivity contribution in [3.05, 3.63) is 57.6 Å². The monoisotopic (exact) mass is 473 g/mol. The summed E-state index contributed by atoms with van der Waals surface area (Å²) in [5.41, 5.74) is 4.28. The van der Waals surface area contributed by atoms with Crippen molar-refractivity contribution >= 4 is 40.7 Å². The van der Waals surface area contributed by atoms with Gasteiger partial charge in [0.15, 0.2) is 11.0 Å². The highest BCUT2D eigenvalue weighted by Gasteiger charge is 2.28. The summed E-state index contributed by atoms with van der Waals surface area (Å²) in [5.74, 6) is 0.972.